The van der Waals surface area contributed by atoms with Gasteiger partial charge in [-0.05, 0) is 35.4 Å². The third kappa shape index (κ3) is 4.86. The van der Waals surface area contributed by atoms with Gasteiger partial charge in [-0.1, -0.05) is 60.7 Å². The van der Waals surface area contributed by atoms with Crippen LogP contribution in [0.2, 0.25) is 0 Å². The van der Waals surface area contributed by atoms with Crippen LogP contribution in [0.25, 0.3) is 17.2 Å². The number of rotatable bonds is 5. The maximum Gasteiger partial charge on any atom is 0.269 e. The third-order valence-electron chi connectivity index (χ3n) is 4.11. The highest BCUT2D eigenvalue weighted by atomic mass is 16.5. The highest BCUT2D eigenvalue weighted by Crippen LogP contribution is 2.19. The minimum atomic E-state index is -0.444. The SMILES string of the molecule is COc1ccccc1C=CC(=O)NNC(=O)c1ccc(-c2ccccc2)cc1. The maximum absolute atomic E-state index is 12.2. The number of hydrogen-bond acceptors (Lipinski definition) is 3. The molecule has 140 valence electrons. The fourth-order valence-corrected chi connectivity index (χ4v) is 2.65. The van der Waals surface area contributed by atoms with Crippen LogP contribution in [-0.2, 0) is 4.79 Å². The van der Waals surface area contributed by atoms with E-state index in [0.717, 1.165) is 16.7 Å². The summed E-state index contributed by atoms with van der Waals surface area (Å²) in [5.41, 5.74) is 8.08. The van der Waals surface area contributed by atoms with Gasteiger partial charge in [0.2, 0.25) is 0 Å². The Kier molecular flexibility index (Phi) is 6.21. The van der Waals surface area contributed by atoms with Crippen LogP contribution in [0.3, 0.4) is 0 Å². The number of hydrazine groups is 1. The number of carbonyl (C=O) groups is 2. The predicted molar refractivity (Wildman–Crippen MR) is 110 cm³/mol. The van der Waals surface area contributed by atoms with E-state index in [9.17, 15) is 9.59 Å². The molecule has 3 rings (SSSR count). The molecule has 0 spiro atoms. The summed E-state index contributed by atoms with van der Waals surface area (Å²) in [5.74, 6) is -0.173. The lowest BCUT2D eigenvalue weighted by Crippen LogP contribution is -2.40. The summed E-state index contributed by atoms with van der Waals surface area (Å²) in [6, 6.07) is 24.4. The van der Waals surface area contributed by atoms with Gasteiger partial charge >= 0.3 is 0 Å². The molecular formula is C23H20N2O3. The van der Waals surface area contributed by atoms with Crippen molar-refractivity contribution in [1.29, 1.82) is 0 Å². The number of amides is 2. The van der Waals surface area contributed by atoms with E-state index >= 15 is 0 Å². The van der Waals surface area contributed by atoms with Crippen LogP contribution in [0.4, 0.5) is 0 Å². The fourth-order valence-electron chi connectivity index (χ4n) is 2.65. The largest absolute Gasteiger partial charge is 0.496 e. The van der Waals surface area contributed by atoms with E-state index in [1.807, 2.05) is 60.7 Å². The Morgan fingerprint density at radius 1 is 0.786 bits per heavy atom. The minimum absolute atomic E-state index is 0.390. The smallest absolute Gasteiger partial charge is 0.269 e. The maximum atomic E-state index is 12.2. The Morgan fingerprint density at radius 3 is 2.14 bits per heavy atom. The highest BCUT2D eigenvalue weighted by Gasteiger charge is 2.07. The molecule has 0 atom stereocenters. The summed E-state index contributed by atoms with van der Waals surface area (Å²) in [7, 11) is 1.57. The summed E-state index contributed by atoms with van der Waals surface area (Å²) >= 11 is 0. The minimum Gasteiger partial charge on any atom is -0.496 e. The van der Waals surface area contributed by atoms with Crippen LogP contribution < -0.4 is 15.6 Å². The van der Waals surface area contributed by atoms with Gasteiger partial charge in [0.05, 0.1) is 7.11 Å². The fraction of sp³-hybridized carbons (Fsp3) is 0.0435. The number of hydrogen-bond donors (Lipinski definition) is 2. The molecule has 3 aromatic rings. The van der Waals surface area contributed by atoms with Gasteiger partial charge in [-0.15, -0.1) is 0 Å². The van der Waals surface area contributed by atoms with Gasteiger partial charge < -0.3 is 4.74 Å². The molecule has 0 fully saturated rings. The second-order valence-electron chi connectivity index (χ2n) is 5.96. The van der Waals surface area contributed by atoms with Crippen molar-refractivity contribution in [2.24, 2.45) is 0 Å². The van der Waals surface area contributed by atoms with Gasteiger partial charge in [0.1, 0.15) is 5.75 Å². The molecule has 2 N–H and O–H groups in total. The van der Waals surface area contributed by atoms with Crippen LogP contribution in [0.1, 0.15) is 15.9 Å². The molecule has 0 aliphatic rings. The van der Waals surface area contributed by atoms with Crippen LogP contribution in [0.5, 0.6) is 5.75 Å². The number of nitrogens with one attached hydrogen (secondary N) is 2. The van der Waals surface area contributed by atoms with Gasteiger partial charge in [-0.3, -0.25) is 20.4 Å². The van der Waals surface area contributed by atoms with E-state index in [4.69, 9.17) is 4.74 Å². The first-order chi connectivity index (χ1) is 13.7. The zero-order chi connectivity index (χ0) is 19.8. The lowest BCUT2D eigenvalue weighted by Gasteiger charge is -2.07. The average Bonchev–Trinajstić information content (AvgIpc) is 2.77. The summed E-state index contributed by atoms with van der Waals surface area (Å²) in [6.45, 7) is 0. The third-order valence-corrected chi connectivity index (χ3v) is 4.11. The lowest BCUT2D eigenvalue weighted by molar-refractivity contribution is -0.117. The first-order valence-electron chi connectivity index (χ1n) is 8.74. The summed E-state index contributed by atoms with van der Waals surface area (Å²) in [4.78, 5) is 24.1. The molecule has 28 heavy (non-hydrogen) atoms. The average molecular weight is 372 g/mol. The van der Waals surface area contributed by atoms with E-state index in [0.29, 0.717) is 11.3 Å². The molecule has 0 unspecified atom stereocenters. The summed E-state index contributed by atoms with van der Waals surface area (Å²) in [5, 5.41) is 0. The lowest BCUT2D eigenvalue weighted by atomic mass is 10.0. The Bertz CT molecular complexity index is 980. The molecule has 0 saturated heterocycles. The van der Waals surface area contributed by atoms with Gasteiger partial charge in [0.15, 0.2) is 0 Å². The van der Waals surface area contributed by atoms with Crippen molar-refractivity contribution < 1.29 is 14.3 Å². The molecule has 5 nitrogen and oxygen atoms in total. The molecule has 0 heterocycles. The summed E-state index contributed by atoms with van der Waals surface area (Å²) in [6.07, 6.45) is 2.95. The molecular weight excluding hydrogens is 352 g/mol. The number of benzene rings is 3. The number of para-hydroxylation sites is 1. The van der Waals surface area contributed by atoms with Crippen LogP contribution in [-0.4, -0.2) is 18.9 Å². The van der Waals surface area contributed by atoms with Gasteiger partial charge in [0, 0.05) is 17.2 Å². The van der Waals surface area contributed by atoms with Gasteiger partial charge in [-0.2, -0.15) is 0 Å². The van der Waals surface area contributed by atoms with Gasteiger partial charge in [0.25, 0.3) is 11.8 Å². The molecule has 3 aromatic carbocycles. The van der Waals surface area contributed by atoms with Crippen molar-refractivity contribution in [3.05, 3.63) is 96.1 Å². The molecule has 2 amide bonds. The Hall–Kier alpha value is -3.86. The highest BCUT2D eigenvalue weighted by molar-refractivity contribution is 5.98. The Labute approximate surface area is 163 Å². The Morgan fingerprint density at radius 2 is 1.43 bits per heavy atom. The van der Waals surface area contributed by atoms with E-state index in [1.54, 1.807) is 31.4 Å². The molecule has 0 aliphatic carbocycles. The van der Waals surface area contributed by atoms with E-state index in [-0.39, 0.29) is 0 Å². The summed E-state index contributed by atoms with van der Waals surface area (Å²) < 4.78 is 5.22. The van der Waals surface area contributed by atoms with Crippen molar-refractivity contribution >= 4 is 17.9 Å². The van der Waals surface area contributed by atoms with Crippen molar-refractivity contribution in [2.45, 2.75) is 0 Å². The second kappa shape index (κ2) is 9.19. The topological polar surface area (TPSA) is 67.4 Å². The monoisotopic (exact) mass is 372 g/mol. The Balaban J connectivity index is 1.56. The first kappa shape index (κ1) is 18.9. The van der Waals surface area contributed by atoms with E-state index in [2.05, 4.69) is 10.9 Å². The molecule has 0 aliphatic heterocycles. The second-order valence-corrected chi connectivity index (χ2v) is 5.96. The van der Waals surface area contributed by atoms with Crippen molar-refractivity contribution in [3.63, 3.8) is 0 Å². The standard InChI is InChI=1S/C23H20N2O3/c1-28-21-10-6-5-9-19(21)15-16-22(26)24-25-23(27)20-13-11-18(12-14-20)17-7-3-2-4-8-17/h2-16H,1H3,(H,24,26)(H,25,27). The molecule has 5 heteroatoms. The van der Waals surface area contributed by atoms with Crippen molar-refractivity contribution in [1.82, 2.24) is 10.9 Å². The normalized spacial score (nSPS) is 10.5. The van der Waals surface area contributed by atoms with Crippen LogP contribution in [0.15, 0.2) is 84.9 Å². The molecule has 0 radical (unpaired) electrons. The number of methoxy groups -OCH3 is 1. The van der Waals surface area contributed by atoms with Crippen LogP contribution in [0, 0.1) is 0 Å². The number of ether oxygens (including phenoxy) is 1. The molecule has 0 saturated carbocycles. The molecule has 0 aromatic heterocycles. The van der Waals surface area contributed by atoms with E-state index < -0.39 is 11.8 Å². The van der Waals surface area contributed by atoms with Crippen LogP contribution >= 0.6 is 0 Å². The molecule has 0 bridgehead atoms. The zero-order valence-corrected chi connectivity index (χ0v) is 15.4. The van der Waals surface area contributed by atoms with Crippen molar-refractivity contribution in [2.75, 3.05) is 7.11 Å². The first-order valence-corrected chi connectivity index (χ1v) is 8.74. The zero-order valence-electron chi connectivity index (χ0n) is 15.4. The van der Waals surface area contributed by atoms with E-state index in [1.165, 1.54) is 6.08 Å². The van der Waals surface area contributed by atoms with Crippen molar-refractivity contribution in [3.8, 4) is 16.9 Å². The predicted octanol–water partition coefficient (Wildman–Crippen LogP) is 3.84. The number of carbonyl (C=O) groups excluding carboxylic acids is 2. The quantitative estimate of drug-likeness (QED) is 0.528. The van der Waals surface area contributed by atoms with Gasteiger partial charge in [-0.25, -0.2) is 0 Å².